The van der Waals surface area contributed by atoms with Gasteiger partial charge in [-0.3, -0.25) is 4.79 Å². The summed E-state index contributed by atoms with van der Waals surface area (Å²) in [6.45, 7) is 3.33. The maximum absolute atomic E-state index is 11.3. The lowest BCUT2D eigenvalue weighted by molar-refractivity contribution is -0.163. The van der Waals surface area contributed by atoms with E-state index in [4.69, 9.17) is 10.3 Å². The fourth-order valence-electron chi connectivity index (χ4n) is 1.22. The highest BCUT2D eigenvalue weighted by atomic mass is 16.7. The van der Waals surface area contributed by atoms with Crippen LogP contribution < -0.4 is 0 Å². The summed E-state index contributed by atoms with van der Waals surface area (Å²) >= 11 is 0. The van der Waals surface area contributed by atoms with Gasteiger partial charge in [-0.15, -0.1) is 0 Å². The smallest absolute Gasteiger partial charge is 0.412 e. The fourth-order valence-corrected chi connectivity index (χ4v) is 1.22. The molecule has 0 spiro atoms. The molecule has 0 radical (unpaired) electrons. The number of esters is 1. The quantitative estimate of drug-likeness (QED) is 0.236. The van der Waals surface area contributed by atoms with E-state index in [1.807, 2.05) is 0 Å². The van der Waals surface area contributed by atoms with E-state index in [0.29, 0.717) is 13.1 Å². The van der Waals surface area contributed by atoms with E-state index in [1.54, 1.807) is 0 Å². The van der Waals surface area contributed by atoms with Gasteiger partial charge in [0.25, 0.3) is 0 Å². The van der Waals surface area contributed by atoms with Crippen molar-refractivity contribution in [1.82, 2.24) is 4.90 Å². The lowest BCUT2D eigenvalue weighted by atomic mass is 10.1. The highest BCUT2D eigenvalue weighted by Gasteiger charge is 2.31. The molecule has 1 saturated heterocycles. The van der Waals surface area contributed by atoms with Crippen molar-refractivity contribution in [2.45, 2.75) is 26.2 Å². The number of hydrogen-bond acceptors (Lipinski definition) is 5. The first kappa shape index (κ1) is 12.1. The first-order valence-corrected chi connectivity index (χ1v) is 4.70. The Morgan fingerprint density at radius 1 is 1.50 bits per heavy atom. The van der Waals surface area contributed by atoms with Gasteiger partial charge in [0.1, 0.15) is 0 Å². The predicted molar refractivity (Wildman–Crippen MR) is 52.2 cm³/mol. The maximum Gasteiger partial charge on any atom is 0.412 e. The van der Waals surface area contributed by atoms with Crippen LogP contribution in [0.3, 0.4) is 0 Å². The lowest BCUT2D eigenvalue weighted by Gasteiger charge is -2.35. The van der Waals surface area contributed by atoms with Gasteiger partial charge in [-0.2, -0.15) is 0 Å². The van der Waals surface area contributed by atoms with Gasteiger partial charge < -0.3 is 14.4 Å². The van der Waals surface area contributed by atoms with Gasteiger partial charge in [-0.1, -0.05) is 5.11 Å². The van der Waals surface area contributed by atoms with Gasteiger partial charge in [0.15, 0.2) is 0 Å². The highest BCUT2D eigenvalue weighted by Crippen LogP contribution is 2.13. The molecule has 1 aliphatic heterocycles. The highest BCUT2D eigenvalue weighted by molar-refractivity contribution is 5.70. The molecule has 1 atom stereocenters. The van der Waals surface area contributed by atoms with Crippen molar-refractivity contribution >= 4 is 12.1 Å². The SMILES string of the molecule is CC(=O)OC(C)OC(=O)N1CC(N=[N+]=[N-])C1. The molecule has 88 valence electrons. The Morgan fingerprint density at radius 3 is 2.62 bits per heavy atom. The second-order valence-corrected chi connectivity index (χ2v) is 3.32. The summed E-state index contributed by atoms with van der Waals surface area (Å²) < 4.78 is 9.42. The van der Waals surface area contributed by atoms with Crippen LogP contribution in [0.25, 0.3) is 10.4 Å². The van der Waals surface area contributed by atoms with E-state index < -0.39 is 18.4 Å². The first-order chi connectivity index (χ1) is 7.52. The number of nitrogens with zero attached hydrogens (tertiary/aromatic N) is 4. The minimum Gasteiger partial charge on any atom is -0.426 e. The molecule has 0 saturated carbocycles. The van der Waals surface area contributed by atoms with Gasteiger partial charge >= 0.3 is 12.1 Å². The van der Waals surface area contributed by atoms with Crippen molar-refractivity contribution in [3.8, 4) is 0 Å². The minimum atomic E-state index is -0.913. The number of hydrogen-bond donors (Lipinski definition) is 0. The van der Waals surface area contributed by atoms with Crippen molar-refractivity contribution in [2.75, 3.05) is 13.1 Å². The fraction of sp³-hybridized carbons (Fsp3) is 0.750. The molecule has 0 aromatic heterocycles. The van der Waals surface area contributed by atoms with Gasteiger partial charge in [-0.05, 0) is 5.53 Å². The average molecular weight is 228 g/mol. The number of azide groups is 1. The van der Waals surface area contributed by atoms with E-state index in [1.165, 1.54) is 18.7 Å². The Kier molecular flexibility index (Phi) is 3.96. The topological polar surface area (TPSA) is 105 Å². The monoisotopic (exact) mass is 228 g/mol. The summed E-state index contributed by atoms with van der Waals surface area (Å²) in [5.74, 6) is -0.518. The molecule has 16 heavy (non-hydrogen) atoms. The van der Waals surface area contributed by atoms with E-state index in [0.717, 1.165) is 0 Å². The van der Waals surface area contributed by atoms with Gasteiger partial charge in [0.05, 0.1) is 6.04 Å². The zero-order chi connectivity index (χ0) is 12.1. The summed E-state index contributed by atoms with van der Waals surface area (Å²) in [6.07, 6.45) is -1.50. The second-order valence-electron chi connectivity index (χ2n) is 3.32. The van der Waals surface area contributed by atoms with Crippen LogP contribution in [0.2, 0.25) is 0 Å². The molecule has 8 heteroatoms. The van der Waals surface area contributed by atoms with E-state index in [2.05, 4.69) is 14.8 Å². The summed E-state index contributed by atoms with van der Waals surface area (Å²) in [5, 5.41) is 3.44. The molecular formula is C8H12N4O4. The van der Waals surface area contributed by atoms with Crippen molar-refractivity contribution in [2.24, 2.45) is 5.11 Å². The summed E-state index contributed by atoms with van der Waals surface area (Å²) in [5.41, 5.74) is 8.14. The second kappa shape index (κ2) is 5.22. The van der Waals surface area contributed by atoms with Crippen LogP contribution in [0.5, 0.6) is 0 Å². The zero-order valence-corrected chi connectivity index (χ0v) is 8.99. The summed E-state index contributed by atoms with van der Waals surface area (Å²) in [7, 11) is 0. The number of amides is 1. The molecule has 0 aromatic carbocycles. The first-order valence-electron chi connectivity index (χ1n) is 4.70. The Hall–Kier alpha value is -1.95. The number of rotatable bonds is 3. The molecule has 0 bridgehead atoms. The Bertz CT molecular complexity index is 333. The molecule has 1 heterocycles. The van der Waals surface area contributed by atoms with Crippen LogP contribution in [-0.4, -0.2) is 42.4 Å². The molecule has 1 unspecified atom stereocenters. The maximum atomic E-state index is 11.3. The van der Waals surface area contributed by atoms with Crippen LogP contribution in [0.4, 0.5) is 4.79 Å². The molecule has 1 amide bonds. The van der Waals surface area contributed by atoms with Gasteiger partial charge in [0, 0.05) is 31.8 Å². The third-order valence-corrected chi connectivity index (χ3v) is 1.93. The average Bonchev–Trinajstić information content (AvgIpc) is 2.08. The standard InChI is InChI=1S/C8H12N4O4/c1-5(13)15-6(2)16-8(14)12-3-7(4-12)10-11-9/h6-7H,3-4H2,1-2H3. The number of carbonyl (C=O) groups is 2. The van der Waals surface area contributed by atoms with Crippen LogP contribution in [0, 0.1) is 0 Å². The lowest BCUT2D eigenvalue weighted by Crippen LogP contribution is -2.53. The molecule has 1 fully saturated rings. The largest absolute Gasteiger partial charge is 0.426 e. The molecule has 0 aliphatic carbocycles. The number of ether oxygens (including phenoxy) is 2. The predicted octanol–water partition coefficient (Wildman–Crippen LogP) is 1.03. The van der Waals surface area contributed by atoms with Crippen LogP contribution in [0.15, 0.2) is 5.11 Å². The third-order valence-electron chi connectivity index (χ3n) is 1.93. The van der Waals surface area contributed by atoms with Crippen molar-refractivity contribution in [1.29, 1.82) is 0 Å². The van der Waals surface area contributed by atoms with Crippen LogP contribution >= 0.6 is 0 Å². The molecule has 0 aromatic rings. The van der Waals surface area contributed by atoms with E-state index >= 15 is 0 Å². The number of carbonyl (C=O) groups excluding carboxylic acids is 2. The summed E-state index contributed by atoms with van der Waals surface area (Å²) in [4.78, 5) is 25.9. The van der Waals surface area contributed by atoms with Crippen molar-refractivity contribution < 1.29 is 19.1 Å². The third kappa shape index (κ3) is 3.32. The molecule has 1 aliphatic rings. The van der Waals surface area contributed by atoms with Gasteiger partial charge in [0.2, 0.25) is 6.29 Å². The Balaban J connectivity index is 2.27. The molecule has 1 rings (SSSR count). The Labute approximate surface area is 91.7 Å². The summed E-state index contributed by atoms with van der Waals surface area (Å²) in [6, 6.07) is -0.193. The Morgan fingerprint density at radius 2 is 2.12 bits per heavy atom. The zero-order valence-electron chi connectivity index (χ0n) is 8.99. The molecular weight excluding hydrogens is 216 g/mol. The minimum absolute atomic E-state index is 0.193. The van der Waals surface area contributed by atoms with E-state index in [-0.39, 0.29) is 6.04 Å². The molecule has 0 N–H and O–H groups in total. The van der Waals surface area contributed by atoms with Crippen LogP contribution in [-0.2, 0) is 14.3 Å². The normalized spacial score (nSPS) is 16.8. The van der Waals surface area contributed by atoms with Gasteiger partial charge in [-0.25, -0.2) is 4.79 Å². The number of likely N-dealkylation sites (tertiary alicyclic amines) is 1. The van der Waals surface area contributed by atoms with Crippen molar-refractivity contribution in [3.63, 3.8) is 0 Å². The van der Waals surface area contributed by atoms with Crippen molar-refractivity contribution in [3.05, 3.63) is 10.4 Å². The van der Waals surface area contributed by atoms with Crippen LogP contribution in [0.1, 0.15) is 13.8 Å². The van der Waals surface area contributed by atoms with E-state index in [9.17, 15) is 9.59 Å². The molecule has 8 nitrogen and oxygen atoms in total.